The Kier molecular flexibility index (Phi) is 7.67. The van der Waals surface area contributed by atoms with Gasteiger partial charge in [0.1, 0.15) is 0 Å². The standard InChI is InChI=1S/C28H27N3O4/c1-30-28(34)24-15-9-8-14-23(24)25(29-30)18-27(33)35-20-26(32)31(19-22-12-6-3-7-13-22)17-16-21-10-4-2-5-11-21/h2-15H,16-20H2,1H3. The van der Waals surface area contributed by atoms with Crippen LogP contribution in [0.2, 0.25) is 0 Å². The highest BCUT2D eigenvalue weighted by Crippen LogP contribution is 2.14. The Balaban J connectivity index is 1.42. The van der Waals surface area contributed by atoms with Gasteiger partial charge in [0, 0.05) is 25.5 Å². The summed E-state index contributed by atoms with van der Waals surface area (Å²) < 4.78 is 6.55. The minimum absolute atomic E-state index is 0.134. The van der Waals surface area contributed by atoms with Gasteiger partial charge < -0.3 is 9.64 Å². The Morgan fingerprint density at radius 2 is 1.46 bits per heavy atom. The predicted molar refractivity (Wildman–Crippen MR) is 134 cm³/mol. The molecule has 0 atom stereocenters. The molecule has 7 heteroatoms. The van der Waals surface area contributed by atoms with Crippen molar-refractivity contribution in [2.45, 2.75) is 19.4 Å². The molecule has 1 amide bonds. The van der Waals surface area contributed by atoms with E-state index >= 15 is 0 Å². The minimum Gasteiger partial charge on any atom is -0.455 e. The number of hydrogen-bond acceptors (Lipinski definition) is 5. The number of hydrogen-bond donors (Lipinski definition) is 0. The topological polar surface area (TPSA) is 81.5 Å². The fraction of sp³-hybridized carbons (Fsp3) is 0.214. The lowest BCUT2D eigenvalue weighted by molar-refractivity contribution is -0.151. The van der Waals surface area contributed by atoms with E-state index < -0.39 is 5.97 Å². The van der Waals surface area contributed by atoms with Crippen LogP contribution in [0.4, 0.5) is 0 Å². The quantitative estimate of drug-likeness (QED) is 0.352. The number of fused-ring (bicyclic) bond motifs is 1. The second-order valence-electron chi connectivity index (χ2n) is 8.29. The van der Waals surface area contributed by atoms with Crippen LogP contribution in [0.3, 0.4) is 0 Å². The van der Waals surface area contributed by atoms with Gasteiger partial charge >= 0.3 is 5.97 Å². The lowest BCUT2D eigenvalue weighted by Crippen LogP contribution is -2.36. The van der Waals surface area contributed by atoms with Crippen molar-refractivity contribution in [1.82, 2.24) is 14.7 Å². The number of aromatic nitrogens is 2. The van der Waals surface area contributed by atoms with E-state index in [0.29, 0.717) is 36.0 Å². The summed E-state index contributed by atoms with van der Waals surface area (Å²) >= 11 is 0. The lowest BCUT2D eigenvalue weighted by atomic mass is 10.1. The summed E-state index contributed by atoms with van der Waals surface area (Å²) in [5.74, 6) is -0.839. The van der Waals surface area contributed by atoms with Crippen molar-refractivity contribution >= 4 is 22.6 Å². The molecule has 4 rings (SSSR count). The molecular formula is C28H27N3O4. The summed E-state index contributed by atoms with van der Waals surface area (Å²) in [7, 11) is 1.54. The van der Waals surface area contributed by atoms with Crippen LogP contribution in [0.15, 0.2) is 89.7 Å². The Morgan fingerprint density at radius 1 is 0.857 bits per heavy atom. The molecule has 4 aromatic rings. The van der Waals surface area contributed by atoms with Gasteiger partial charge in [0.05, 0.1) is 17.5 Å². The van der Waals surface area contributed by atoms with Gasteiger partial charge in [-0.2, -0.15) is 5.10 Å². The van der Waals surface area contributed by atoms with Gasteiger partial charge in [0.2, 0.25) is 0 Å². The largest absolute Gasteiger partial charge is 0.455 e. The maximum Gasteiger partial charge on any atom is 0.312 e. The van der Waals surface area contributed by atoms with Crippen LogP contribution in [-0.4, -0.2) is 39.7 Å². The first kappa shape index (κ1) is 23.9. The summed E-state index contributed by atoms with van der Waals surface area (Å²) in [5, 5.41) is 5.32. The van der Waals surface area contributed by atoms with Crippen molar-refractivity contribution in [2.24, 2.45) is 7.05 Å². The van der Waals surface area contributed by atoms with Crippen molar-refractivity contribution in [3.8, 4) is 0 Å². The molecule has 7 nitrogen and oxygen atoms in total. The average molecular weight is 470 g/mol. The number of rotatable bonds is 9. The number of esters is 1. The third-order valence-corrected chi connectivity index (χ3v) is 5.78. The number of amides is 1. The van der Waals surface area contributed by atoms with Gasteiger partial charge in [-0.1, -0.05) is 78.9 Å². The third-order valence-electron chi connectivity index (χ3n) is 5.78. The van der Waals surface area contributed by atoms with E-state index in [1.54, 1.807) is 36.2 Å². The summed E-state index contributed by atoms with van der Waals surface area (Å²) in [5.41, 5.74) is 2.33. The molecule has 178 valence electrons. The highest BCUT2D eigenvalue weighted by atomic mass is 16.5. The van der Waals surface area contributed by atoms with Crippen LogP contribution in [0.1, 0.15) is 16.8 Å². The monoisotopic (exact) mass is 469 g/mol. The van der Waals surface area contributed by atoms with Crippen LogP contribution in [0.5, 0.6) is 0 Å². The van der Waals surface area contributed by atoms with Crippen molar-refractivity contribution < 1.29 is 14.3 Å². The van der Waals surface area contributed by atoms with Gasteiger partial charge in [0.15, 0.2) is 6.61 Å². The summed E-state index contributed by atoms with van der Waals surface area (Å²) in [6.07, 6.45) is 0.561. The molecule has 0 aliphatic rings. The Morgan fingerprint density at radius 3 is 2.14 bits per heavy atom. The van der Waals surface area contributed by atoms with E-state index in [9.17, 15) is 14.4 Å². The van der Waals surface area contributed by atoms with E-state index in [0.717, 1.165) is 11.1 Å². The normalized spacial score (nSPS) is 10.8. The van der Waals surface area contributed by atoms with Crippen molar-refractivity contribution in [3.05, 3.63) is 112 Å². The molecule has 0 unspecified atom stereocenters. The molecule has 1 aromatic heterocycles. The van der Waals surface area contributed by atoms with E-state index in [4.69, 9.17) is 4.74 Å². The smallest absolute Gasteiger partial charge is 0.312 e. The molecule has 0 saturated carbocycles. The van der Waals surface area contributed by atoms with E-state index in [1.165, 1.54) is 4.68 Å². The molecule has 0 N–H and O–H groups in total. The molecule has 0 bridgehead atoms. The number of carbonyl (C=O) groups excluding carboxylic acids is 2. The molecule has 35 heavy (non-hydrogen) atoms. The third kappa shape index (κ3) is 6.20. The fourth-order valence-corrected chi connectivity index (χ4v) is 3.93. The first-order valence-corrected chi connectivity index (χ1v) is 11.5. The molecular weight excluding hydrogens is 442 g/mol. The van der Waals surface area contributed by atoms with Crippen molar-refractivity contribution in [3.63, 3.8) is 0 Å². The zero-order chi connectivity index (χ0) is 24.6. The predicted octanol–water partition coefficient (Wildman–Crippen LogP) is 3.29. The first-order valence-electron chi connectivity index (χ1n) is 11.5. The van der Waals surface area contributed by atoms with Gasteiger partial charge in [0.25, 0.3) is 11.5 Å². The van der Waals surface area contributed by atoms with Gasteiger partial charge in [-0.3, -0.25) is 14.4 Å². The number of benzene rings is 3. The zero-order valence-electron chi connectivity index (χ0n) is 19.6. The molecule has 0 radical (unpaired) electrons. The molecule has 0 fully saturated rings. The lowest BCUT2D eigenvalue weighted by Gasteiger charge is -2.23. The zero-order valence-corrected chi connectivity index (χ0v) is 19.6. The van der Waals surface area contributed by atoms with Gasteiger partial charge in [-0.15, -0.1) is 0 Å². The number of nitrogens with zero attached hydrogens (tertiary/aromatic N) is 3. The van der Waals surface area contributed by atoms with E-state index in [1.807, 2.05) is 60.7 Å². The Hall–Kier alpha value is -4.26. The van der Waals surface area contributed by atoms with Crippen LogP contribution in [0.25, 0.3) is 10.8 Å². The number of aryl methyl sites for hydroxylation is 1. The second-order valence-corrected chi connectivity index (χ2v) is 8.29. The van der Waals surface area contributed by atoms with Gasteiger partial charge in [-0.25, -0.2) is 4.68 Å². The molecule has 0 spiro atoms. The van der Waals surface area contributed by atoms with Crippen LogP contribution in [-0.2, 0) is 40.8 Å². The summed E-state index contributed by atoms with van der Waals surface area (Å²) in [6, 6.07) is 26.7. The Bertz CT molecular complexity index is 1370. The van der Waals surface area contributed by atoms with Crippen LogP contribution >= 0.6 is 0 Å². The Labute approximate surface area is 203 Å². The van der Waals surface area contributed by atoms with Crippen LogP contribution in [0, 0.1) is 0 Å². The first-order chi connectivity index (χ1) is 17.0. The molecule has 0 aliphatic heterocycles. The van der Waals surface area contributed by atoms with Crippen molar-refractivity contribution in [2.75, 3.05) is 13.2 Å². The number of ether oxygens (including phenoxy) is 1. The fourth-order valence-electron chi connectivity index (χ4n) is 3.93. The summed E-state index contributed by atoms with van der Waals surface area (Å²) in [4.78, 5) is 39.6. The van der Waals surface area contributed by atoms with E-state index in [-0.39, 0.29) is 24.5 Å². The SMILES string of the molecule is Cn1nc(CC(=O)OCC(=O)N(CCc2ccccc2)Cc2ccccc2)c2ccccc2c1=O. The van der Waals surface area contributed by atoms with Crippen LogP contribution < -0.4 is 5.56 Å². The van der Waals surface area contributed by atoms with Crippen molar-refractivity contribution in [1.29, 1.82) is 0 Å². The molecule has 3 aromatic carbocycles. The number of carbonyl (C=O) groups is 2. The highest BCUT2D eigenvalue weighted by molar-refractivity contribution is 5.87. The average Bonchev–Trinajstić information content (AvgIpc) is 2.89. The van der Waals surface area contributed by atoms with Gasteiger partial charge in [-0.05, 0) is 23.6 Å². The molecule has 0 saturated heterocycles. The van der Waals surface area contributed by atoms with E-state index in [2.05, 4.69) is 5.10 Å². The summed E-state index contributed by atoms with van der Waals surface area (Å²) in [6.45, 7) is 0.573. The highest BCUT2D eigenvalue weighted by Gasteiger charge is 2.18. The minimum atomic E-state index is -0.572. The maximum absolute atomic E-state index is 13.0. The second kappa shape index (κ2) is 11.2. The molecule has 0 aliphatic carbocycles. The maximum atomic E-state index is 13.0. The molecule has 1 heterocycles.